The molecule has 1 aromatic rings. The van der Waals surface area contributed by atoms with Crippen LogP contribution >= 0.6 is 0 Å². The topological polar surface area (TPSA) is 80.2 Å². The number of carbonyl (C=O) groups excluding carboxylic acids is 1. The maximum Gasteiger partial charge on any atom is 0.254 e. The molecule has 0 spiro atoms. The van der Waals surface area contributed by atoms with E-state index in [-0.39, 0.29) is 11.3 Å². The molecule has 2 saturated heterocycles. The number of methoxy groups -OCH3 is 1. The first-order valence-corrected chi connectivity index (χ1v) is 8.95. The summed E-state index contributed by atoms with van der Waals surface area (Å²) in [5.41, 5.74) is 0.681. The highest BCUT2D eigenvalue weighted by Gasteiger charge is 2.32. The molecule has 7 nitrogen and oxygen atoms in total. The van der Waals surface area contributed by atoms with E-state index in [1.807, 2.05) is 10.9 Å². The first-order chi connectivity index (χ1) is 11.7. The van der Waals surface area contributed by atoms with Crippen LogP contribution < -0.4 is 16.0 Å². The number of hydrogen-bond donors (Lipinski definition) is 3. The number of aromatic nitrogens is 2. The highest BCUT2D eigenvalue weighted by molar-refractivity contribution is 5.93. The molecule has 0 aromatic carbocycles. The minimum atomic E-state index is -0.0426. The molecule has 3 N–H and O–H groups in total. The number of carbonyl (C=O) groups is 1. The third kappa shape index (κ3) is 4.15. The summed E-state index contributed by atoms with van der Waals surface area (Å²) in [6, 6.07) is 0.351. The predicted octanol–water partition coefficient (Wildman–Crippen LogP) is 0.554. The Morgan fingerprint density at radius 2 is 2.25 bits per heavy atom. The molecule has 1 unspecified atom stereocenters. The summed E-state index contributed by atoms with van der Waals surface area (Å²) in [4.78, 5) is 12.5. The van der Waals surface area contributed by atoms with E-state index in [0.717, 1.165) is 51.9 Å². The summed E-state index contributed by atoms with van der Waals surface area (Å²) in [5.74, 6) is -0.0426. The number of piperidine rings is 2. The van der Waals surface area contributed by atoms with E-state index in [4.69, 9.17) is 4.74 Å². The first kappa shape index (κ1) is 17.4. The van der Waals surface area contributed by atoms with Crippen molar-refractivity contribution >= 4 is 5.91 Å². The van der Waals surface area contributed by atoms with Gasteiger partial charge >= 0.3 is 0 Å². The summed E-state index contributed by atoms with van der Waals surface area (Å²) in [5, 5.41) is 14.2. The maximum absolute atomic E-state index is 12.5. The molecule has 2 aliphatic heterocycles. The second-order valence-electron chi connectivity index (χ2n) is 7.07. The Kier molecular flexibility index (Phi) is 5.86. The third-order valence-electron chi connectivity index (χ3n) is 5.25. The smallest absolute Gasteiger partial charge is 0.254 e. The van der Waals surface area contributed by atoms with Crippen LogP contribution in [0.4, 0.5) is 0 Å². The maximum atomic E-state index is 12.5. The molecule has 1 atom stereocenters. The summed E-state index contributed by atoms with van der Waals surface area (Å²) in [6.07, 6.45) is 7.86. The number of rotatable bonds is 6. The molecule has 134 valence electrons. The number of amides is 1. The Morgan fingerprint density at radius 1 is 1.42 bits per heavy atom. The summed E-state index contributed by atoms with van der Waals surface area (Å²) < 4.78 is 7.33. The van der Waals surface area contributed by atoms with Crippen LogP contribution in [0.15, 0.2) is 12.4 Å². The zero-order valence-electron chi connectivity index (χ0n) is 14.5. The predicted molar refractivity (Wildman–Crippen MR) is 92.1 cm³/mol. The van der Waals surface area contributed by atoms with Crippen molar-refractivity contribution in [2.75, 3.05) is 46.4 Å². The Balaban J connectivity index is 1.57. The zero-order valence-corrected chi connectivity index (χ0v) is 14.5. The summed E-state index contributed by atoms with van der Waals surface area (Å²) in [6.45, 7) is 5.28. The Hall–Kier alpha value is -1.44. The zero-order chi connectivity index (χ0) is 16.8. The standard InChI is InChI=1S/C17H29N5O2/c1-24-13-17(4-7-18-8-5-17)12-20-16(23)14-9-21-22(11-14)15-3-2-6-19-10-15/h9,11,15,18-19H,2-8,10,12-13H2,1H3,(H,20,23). The molecule has 3 heterocycles. The van der Waals surface area contributed by atoms with E-state index in [1.54, 1.807) is 13.3 Å². The van der Waals surface area contributed by atoms with Gasteiger partial charge in [-0.05, 0) is 45.3 Å². The molecule has 1 amide bonds. The van der Waals surface area contributed by atoms with E-state index in [9.17, 15) is 4.79 Å². The van der Waals surface area contributed by atoms with Crippen LogP contribution in [-0.2, 0) is 4.74 Å². The van der Waals surface area contributed by atoms with Crippen molar-refractivity contribution < 1.29 is 9.53 Å². The molecule has 24 heavy (non-hydrogen) atoms. The highest BCUT2D eigenvalue weighted by atomic mass is 16.5. The second kappa shape index (κ2) is 8.09. The number of hydrogen-bond acceptors (Lipinski definition) is 5. The van der Waals surface area contributed by atoms with E-state index >= 15 is 0 Å². The quantitative estimate of drug-likeness (QED) is 0.708. The molecule has 3 rings (SSSR count). The van der Waals surface area contributed by atoms with Crippen molar-refractivity contribution in [2.45, 2.75) is 31.7 Å². The van der Waals surface area contributed by atoms with E-state index < -0.39 is 0 Å². The van der Waals surface area contributed by atoms with Gasteiger partial charge in [-0.1, -0.05) is 0 Å². The van der Waals surface area contributed by atoms with E-state index in [0.29, 0.717) is 24.8 Å². The number of nitrogens with zero attached hydrogens (tertiary/aromatic N) is 2. The molecule has 0 saturated carbocycles. The largest absolute Gasteiger partial charge is 0.384 e. The fourth-order valence-electron chi connectivity index (χ4n) is 3.72. The molecule has 2 aliphatic rings. The fourth-order valence-corrected chi connectivity index (χ4v) is 3.72. The average molecular weight is 335 g/mol. The van der Waals surface area contributed by atoms with Crippen molar-refractivity contribution in [2.24, 2.45) is 5.41 Å². The number of nitrogens with one attached hydrogen (secondary N) is 3. The van der Waals surface area contributed by atoms with Crippen LogP contribution in [0.2, 0.25) is 0 Å². The van der Waals surface area contributed by atoms with Crippen molar-refractivity contribution in [3.05, 3.63) is 18.0 Å². The molecular formula is C17H29N5O2. The van der Waals surface area contributed by atoms with Crippen molar-refractivity contribution in [1.29, 1.82) is 0 Å². The van der Waals surface area contributed by atoms with Gasteiger partial charge in [0.15, 0.2) is 0 Å². The lowest BCUT2D eigenvalue weighted by atomic mass is 9.79. The highest BCUT2D eigenvalue weighted by Crippen LogP contribution is 2.28. The van der Waals surface area contributed by atoms with Gasteiger partial charge in [0, 0.05) is 31.8 Å². The first-order valence-electron chi connectivity index (χ1n) is 8.95. The lowest BCUT2D eigenvalue weighted by molar-refractivity contribution is 0.0511. The SMILES string of the molecule is COCC1(CNC(=O)c2cnn(C3CCCNC3)c2)CCNCC1. The van der Waals surface area contributed by atoms with Crippen molar-refractivity contribution in [3.63, 3.8) is 0 Å². The molecule has 7 heteroatoms. The van der Waals surface area contributed by atoms with Gasteiger partial charge in [-0.25, -0.2) is 0 Å². The Morgan fingerprint density at radius 3 is 2.96 bits per heavy atom. The van der Waals surface area contributed by atoms with Crippen LogP contribution in [0, 0.1) is 5.41 Å². The normalized spacial score (nSPS) is 23.8. The van der Waals surface area contributed by atoms with Crippen molar-refractivity contribution in [1.82, 2.24) is 25.7 Å². The summed E-state index contributed by atoms with van der Waals surface area (Å²) >= 11 is 0. The van der Waals surface area contributed by atoms with Gasteiger partial charge in [-0.2, -0.15) is 5.10 Å². The van der Waals surface area contributed by atoms with Crippen LogP contribution in [0.5, 0.6) is 0 Å². The molecular weight excluding hydrogens is 306 g/mol. The van der Waals surface area contributed by atoms with E-state index in [1.165, 1.54) is 0 Å². The second-order valence-corrected chi connectivity index (χ2v) is 7.07. The van der Waals surface area contributed by atoms with Gasteiger partial charge in [0.2, 0.25) is 0 Å². The monoisotopic (exact) mass is 335 g/mol. The van der Waals surface area contributed by atoms with Crippen LogP contribution in [0.25, 0.3) is 0 Å². The molecule has 2 fully saturated rings. The van der Waals surface area contributed by atoms with Gasteiger partial charge in [0.25, 0.3) is 5.91 Å². The van der Waals surface area contributed by atoms with Crippen molar-refractivity contribution in [3.8, 4) is 0 Å². The molecule has 0 bridgehead atoms. The Bertz CT molecular complexity index is 527. The van der Waals surface area contributed by atoms with Gasteiger partial charge in [0.05, 0.1) is 24.4 Å². The minimum absolute atomic E-state index is 0.0406. The van der Waals surface area contributed by atoms with E-state index in [2.05, 4.69) is 21.0 Å². The van der Waals surface area contributed by atoms with Gasteiger partial charge in [0.1, 0.15) is 0 Å². The van der Waals surface area contributed by atoms with Gasteiger partial charge in [-0.3, -0.25) is 9.48 Å². The molecule has 1 aromatic heterocycles. The summed E-state index contributed by atoms with van der Waals surface area (Å²) in [7, 11) is 1.73. The lowest BCUT2D eigenvalue weighted by Gasteiger charge is -2.37. The van der Waals surface area contributed by atoms with Gasteiger partial charge in [-0.15, -0.1) is 0 Å². The Labute approximate surface area is 143 Å². The van der Waals surface area contributed by atoms with Gasteiger partial charge < -0.3 is 20.7 Å². The molecule has 0 radical (unpaired) electrons. The minimum Gasteiger partial charge on any atom is -0.384 e. The van der Waals surface area contributed by atoms with Crippen LogP contribution in [0.1, 0.15) is 42.1 Å². The fraction of sp³-hybridized carbons (Fsp3) is 0.765. The average Bonchev–Trinajstić information content (AvgIpc) is 3.12. The number of ether oxygens (including phenoxy) is 1. The third-order valence-corrected chi connectivity index (χ3v) is 5.25. The van der Waals surface area contributed by atoms with Crippen LogP contribution in [-0.4, -0.2) is 62.1 Å². The van der Waals surface area contributed by atoms with Crippen LogP contribution in [0.3, 0.4) is 0 Å². The molecule has 0 aliphatic carbocycles. The lowest BCUT2D eigenvalue weighted by Crippen LogP contribution is -2.47.